The summed E-state index contributed by atoms with van der Waals surface area (Å²) in [5.41, 5.74) is 0. The molecule has 1 aliphatic carbocycles. The van der Waals surface area contributed by atoms with Gasteiger partial charge < -0.3 is 5.11 Å². The lowest BCUT2D eigenvalue weighted by molar-refractivity contribution is -0.147. The van der Waals surface area contributed by atoms with Crippen LogP contribution >= 0.6 is 15.9 Å². The van der Waals surface area contributed by atoms with Crippen molar-refractivity contribution in [2.75, 3.05) is 13.1 Å². The van der Waals surface area contributed by atoms with Crippen molar-refractivity contribution in [3.8, 4) is 0 Å². The zero-order chi connectivity index (χ0) is 9.59. The summed E-state index contributed by atoms with van der Waals surface area (Å²) in [6.07, 6.45) is 1.05. The predicted molar refractivity (Wildman–Crippen MR) is 52.7 cm³/mol. The van der Waals surface area contributed by atoms with E-state index in [1.165, 1.54) is 0 Å². The second kappa shape index (κ2) is 3.10. The van der Waals surface area contributed by atoms with E-state index in [2.05, 4.69) is 27.4 Å². The molecule has 1 saturated carbocycles. The smallest absolute Gasteiger partial charge is 0.308 e. The Balaban J connectivity index is 1.99. The molecule has 72 valence electrons. The molecule has 0 aromatic heterocycles. The van der Waals surface area contributed by atoms with E-state index in [-0.39, 0.29) is 12.0 Å². The Hall–Kier alpha value is -0.350. The molecule has 0 aromatic rings. The Morgan fingerprint density at radius 2 is 2.38 bits per heavy atom. The average Bonchev–Trinajstić information content (AvgIpc) is 2.39. The van der Waals surface area contributed by atoms with Crippen LogP contribution in [0.5, 0.6) is 0 Å². The normalized spacial score (nSPS) is 37.2. The first-order valence-corrected chi connectivity index (χ1v) is 5.19. The molecule has 13 heavy (non-hydrogen) atoms. The molecule has 2 bridgehead atoms. The van der Waals surface area contributed by atoms with Crippen molar-refractivity contribution in [3.05, 3.63) is 11.1 Å². The number of rotatable bonds is 3. The Morgan fingerprint density at radius 1 is 1.69 bits per heavy atom. The van der Waals surface area contributed by atoms with Crippen LogP contribution in [-0.4, -0.2) is 35.1 Å². The van der Waals surface area contributed by atoms with Gasteiger partial charge in [-0.2, -0.15) is 0 Å². The van der Waals surface area contributed by atoms with Gasteiger partial charge in [-0.25, -0.2) is 0 Å². The van der Waals surface area contributed by atoms with Crippen molar-refractivity contribution >= 4 is 21.9 Å². The SMILES string of the molecule is C=C(Br)CN1CC2CC1C2C(=O)O. The van der Waals surface area contributed by atoms with E-state index < -0.39 is 5.97 Å². The number of carbonyl (C=O) groups is 1. The molecule has 3 atom stereocenters. The first-order valence-electron chi connectivity index (χ1n) is 4.39. The molecule has 1 N–H and O–H groups in total. The molecule has 2 aliphatic heterocycles. The average molecular weight is 246 g/mol. The van der Waals surface area contributed by atoms with Gasteiger partial charge in [0.15, 0.2) is 0 Å². The van der Waals surface area contributed by atoms with E-state index in [1.807, 2.05) is 0 Å². The Bertz CT molecular complexity index is 266. The van der Waals surface area contributed by atoms with Gasteiger partial charge in [-0.1, -0.05) is 22.5 Å². The van der Waals surface area contributed by atoms with Crippen LogP contribution in [0.3, 0.4) is 0 Å². The van der Waals surface area contributed by atoms with Gasteiger partial charge in [0.25, 0.3) is 0 Å². The Morgan fingerprint density at radius 3 is 2.85 bits per heavy atom. The quantitative estimate of drug-likeness (QED) is 0.815. The second-order valence-electron chi connectivity index (χ2n) is 3.87. The number of carboxylic acid groups (broad SMARTS) is 1. The third kappa shape index (κ3) is 1.42. The summed E-state index contributed by atoms with van der Waals surface area (Å²) in [6, 6.07) is 0.261. The molecule has 3 fully saturated rings. The summed E-state index contributed by atoms with van der Waals surface area (Å²) < 4.78 is 0.934. The van der Waals surface area contributed by atoms with Gasteiger partial charge in [0.2, 0.25) is 0 Å². The highest BCUT2D eigenvalue weighted by molar-refractivity contribution is 9.11. The number of hydrogen-bond acceptors (Lipinski definition) is 2. The lowest BCUT2D eigenvalue weighted by Crippen LogP contribution is -2.43. The fourth-order valence-corrected chi connectivity index (χ4v) is 2.81. The van der Waals surface area contributed by atoms with Crippen LogP contribution in [-0.2, 0) is 4.79 Å². The minimum absolute atomic E-state index is 0.119. The van der Waals surface area contributed by atoms with E-state index in [0.29, 0.717) is 5.92 Å². The summed E-state index contributed by atoms with van der Waals surface area (Å²) in [6.45, 7) is 5.47. The number of halogens is 1. The maximum absolute atomic E-state index is 10.8. The van der Waals surface area contributed by atoms with Gasteiger partial charge in [0.1, 0.15) is 0 Å². The first-order chi connectivity index (χ1) is 6.09. The molecular weight excluding hydrogens is 234 g/mol. The third-order valence-electron chi connectivity index (χ3n) is 3.06. The molecule has 0 amide bonds. The summed E-state index contributed by atoms with van der Waals surface area (Å²) >= 11 is 3.30. The molecule has 0 aromatic carbocycles. The minimum atomic E-state index is -0.635. The minimum Gasteiger partial charge on any atom is -0.481 e. The van der Waals surface area contributed by atoms with Gasteiger partial charge in [-0.15, -0.1) is 0 Å². The molecule has 2 heterocycles. The summed E-state index contributed by atoms with van der Waals surface area (Å²) in [5.74, 6) is -0.370. The lowest BCUT2D eigenvalue weighted by atomic mass is 9.74. The molecule has 3 unspecified atom stereocenters. The van der Waals surface area contributed by atoms with Crippen LogP contribution in [0.15, 0.2) is 11.1 Å². The van der Waals surface area contributed by atoms with Crippen LogP contribution in [0.2, 0.25) is 0 Å². The van der Waals surface area contributed by atoms with Gasteiger partial charge in [-0.3, -0.25) is 9.69 Å². The van der Waals surface area contributed by atoms with Crippen molar-refractivity contribution in [3.63, 3.8) is 0 Å². The number of fused-ring (bicyclic) bond motifs is 1. The zero-order valence-corrected chi connectivity index (χ0v) is 8.83. The maximum atomic E-state index is 10.8. The van der Waals surface area contributed by atoms with E-state index >= 15 is 0 Å². The van der Waals surface area contributed by atoms with Crippen LogP contribution in [0, 0.1) is 11.8 Å². The highest BCUT2D eigenvalue weighted by Crippen LogP contribution is 2.46. The molecule has 3 rings (SSSR count). The lowest BCUT2D eigenvalue weighted by Gasteiger charge is -2.33. The van der Waals surface area contributed by atoms with Crippen molar-refractivity contribution in [1.29, 1.82) is 0 Å². The number of nitrogens with zero attached hydrogens (tertiary/aromatic N) is 1. The van der Waals surface area contributed by atoms with Crippen molar-refractivity contribution < 1.29 is 9.90 Å². The predicted octanol–water partition coefficient (Wildman–Crippen LogP) is 1.30. The number of aliphatic carboxylic acids is 1. The highest BCUT2D eigenvalue weighted by atomic mass is 79.9. The summed E-state index contributed by atoms with van der Waals surface area (Å²) in [5, 5.41) is 8.91. The second-order valence-corrected chi connectivity index (χ2v) is 5.00. The van der Waals surface area contributed by atoms with Crippen LogP contribution in [0.4, 0.5) is 0 Å². The topological polar surface area (TPSA) is 40.5 Å². The van der Waals surface area contributed by atoms with Gasteiger partial charge in [0.05, 0.1) is 5.92 Å². The Labute approximate surface area is 85.5 Å². The van der Waals surface area contributed by atoms with Crippen LogP contribution < -0.4 is 0 Å². The molecule has 0 radical (unpaired) electrons. The van der Waals surface area contributed by atoms with Crippen molar-refractivity contribution in [2.45, 2.75) is 12.5 Å². The summed E-state index contributed by atoms with van der Waals surface area (Å²) in [4.78, 5) is 13.0. The van der Waals surface area contributed by atoms with E-state index in [0.717, 1.165) is 24.0 Å². The maximum Gasteiger partial charge on any atom is 0.308 e. The van der Waals surface area contributed by atoms with Gasteiger partial charge >= 0.3 is 5.97 Å². The zero-order valence-electron chi connectivity index (χ0n) is 7.24. The summed E-state index contributed by atoms with van der Waals surface area (Å²) in [7, 11) is 0. The van der Waals surface area contributed by atoms with E-state index in [1.54, 1.807) is 0 Å². The third-order valence-corrected chi connectivity index (χ3v) is 3.32. The van der Waals surface area contributed by atoms with E-state index in [4.69, 9.17) is 5.11 Å². The fourth-order valence-electron chi connectivity index (χ4n) is 2.49. The number of carboxylic acids is 1. The molecule has 3 aliphatic rings. The van der Waals surface area contributed by atoms with Crippen LogP contribution in [0.25, 0.3) is 0 Å². The number of hydrogen-bond donors (Lipinski definition) is 1. The van der Waals surface area contributed by atoms with Gasteiger partial charge in [-0.05, 0) is 12.3 Å². The van der Waals surface area contributed by atoms with Gasteiger partial charge in [0, 0.05) is 23.6 Å². The molecule has 4 heteroatoms. The highest BCUT2D eigenvalue weighted by Gasteiger charge is 2.55. The largest absolute Gasteiger partial charge is 0.481 e. The van der Waals surface area contributed by atoms with Crippen molar-refractivity contribution in [1.82, 2.24) is 4.90 Å². The molecular formula is C9H12BrNO2. The molecule has 3 nitrogen and oxygen atoms in total. The monoisotopic (exact) mass is 245 g/mol. The first kappa shape index (κ1) is 9.21. The van der Waals surface area contributed by atoms with E-state index in [9.17, 15) is 4.79 Å². The molecule has 0 spiro atoms. The Kier molecular flexibility index (Phi) is 2.20. The molecule has 2 saturated heterocycles. The fraction of sp³-hybridized carbons (Fsp3) is 0.667. The van der Waals surface area contributed by atoms with Crippen molar-refractivity contribution in [2.24, 2.45) is 11.8 Å². The standard InChI is InChI=1S/C9H12BrNO2/c1-5(10)3-11-4-6-2-7(11)8(6)9(12)13/h6-8H,1-4H2,(H,12,13). The van der Waals surface area contributed by atoms with Crippen LogP contribution in [0.1, 0.15) is 6.42 Å².